The zero-order valence-electron chi connectivity index (χ0n) is 12.6. The van der Waals surface area contributed by atoms with E-state index in [9.17, 15) is 13.6 Å². The number of amides is 1. The highest BCUT2D eigenvalue weighted by molar-refractivity contribution is 5.85. The van der Waals surface area contributed by atoms with Gasteiger partial charge in [0.1, 0.15) is 11.6 Å². The van der Waals surface area contributed by atoms with Crippen molar-refractivity contribution in [2.45, 2.75) is 32.1 Å². The minimum Gasteiger partial charge on any atom is -0.342 e. The van der Waals surface area contributed by atoms with Gasteiger partial charge in [-0.05, 0) is 43.7 Å². The molecule has 0 radical (unpaired) electrons. The van der Waals surface area contributed by atoms with Crippen molar-refractivity contribution in [2.24, 2.45) is 11.7 Å². The maximum atomic E-state index is 13.6. The van der Waals surface area contributed by atoms with Gasteiger partial charge in [-0.25, -0.2) is 8.78 Å². The molecule has 0 saturated carbocycles. The Kier molecular flexibility index (Phi) is 7.76. The molecule has 1 aliphatic heterocycles. The van der Waals surface area contributed by atoms with E-state index in [1.807, 2.05) is 4.90 Å². The van der Waals surface area contributed by atoms with E-state index in [1.54, 1.807) is 0 Å². The van der Waals surface area contributed by atoms with Gasteiger partial charge in [-0.1, -0.05) is 6.07 Å². The van der Waals surface area contributed by atoms with Crippen molar-refractivity contribution in [3.63, 3.8) is 0 Å². The highest BCUT2D eigenvalue weighted by Crippen LogP contribution is 2.23. The van der Waals surface area contributed by atoms with Crippen LogP contribution in [0.25, 0.3) is 0 Å². The van der Waals surface area contributed by atoms with Crippen LogP contribution in [0.5, 0.6) is 0 Å². The lowest BCUT2D eigenvalue weighted by Gasteiger charge is -2.33. The van der Waals surface area contributed by atoms with Gasteiger partial charge in [-0.15, -0.1) is 12.4 Å². The second kappa shape index (κ2) is 9.06. The first-order chi connectivity index (χ1) is 10.1. The van der Waals surface area contributed by atoms with Crippen molar-refractivity contribution in [3.05, 3.63) is 35.4 Å². The van der Waals surface area contributed by atoms with Crippen LogP contribution < -0.4 is 5.73 Å². The van der Waals surface area contributed by atoms with Crippen LogP contribution in [-0.2, 0) is 11.2 Å². The van der Waals surface area contributed by atoms with E-state index < -0.39 is 11.6 Å². The van der Waals surface area contributed by atoms with Gasteiger partial charge >= 0.3 is 0 Å². The number of halogens is 3. The molecule has 1 amide bonds. The summed E-state index contributed by atoms with van der Waals surface area (Å²) in [5.74, 6) is -0.581. The molecule has 1 saturated heterocycles. The Balaban J connectivity index is 0.00000242. The summed E-state index contributed by atoms with van der Waals surface area (Å²) >= 11 is 0. The van der Waals surface area contributed by atoms with Gasteiger partial charge in [0.15, 0.2) is 0 Å². The Morgan fingerprint density at radius 2 is 2.00 bits per heavy atom. The summed E-state index contributed by atoms with van der Waals surface area (Å²) in [6.07, 6.45) is 3.39. The first-order valence-corrected chi connectivity index (χ1v) is 7.52. The van der Waals surface area contributed by atoms with Crippen LogP contribution in [-0.4, -0.2) is 30.4 Å². The second-order valence-corrected chi connectivity index (χ2v) is 5.63. The predicted octanol–water partition coefficient (Wildman–Crippen LogP) is 2.91. The number of benzene rings is 1. The number of hydrogen-bond acceptors (Lipinski definition) is 2. The molecular weight excluding hydrogens is 310 g/mol. The minimum atomic E-state index is -0.484. The Morgan fingerprint density at radius 3 is 2.64 bits per heavy atom. The van der Waals surface area contributed by atoms with Gasteiger partial charge in [0.05, 0.1) is 0 Å². The average molecular weight is 333 g/mol. The SMILES string of the molecule is Cl.NCCC(=O)N1CCCC(CCc2c(F)cccc2F)C1. The van der Waals surface area contributed by atoms with Crippen molar-refractivity contribution in [2.75, 3.05) is 19.6 Å². The lowest BCUT2D eigenvalue weighted by atomic mass is 9.91. The summed E-state index contributed by atoms with van der Waals surface area (Å²) in [5, 5.41) is 0. The topological polar surface area (TPSA) is 46.3 Å². The quantitative estimate of drug-likeness (QED) is 0.901. The molecule has 6 heteroatoms. The molecule has 22 heavy (non-hydrogen) atoms. The lowest BCUT2D eigenvalue weighted by molar-refractivity contribution is -0.132. The van der Waals surface area contributed by atoms with E-state index in [-0.39, 0.29) is 23.9 Å². The first-order valence-electron chi connectivity index (χ1n) is 7.52. The van der Waals surface area contributed by atoms with Crippen molar-refractivity contribution in [1.82, 2.24) is 4.90 Å². The Hall–Kier alpha value is -1.20. The number of nitrogens with zero attached hydrogens (tertiary/aromatic N) is 1. The Bertz CT molecular complexity index is 479. The molecule has 2 N–H and O–H groups in total. The number of likely N-dealkylation sites (tertiary alicyclic amines) is 1. The Labute approximate surface area is 136 Å². The van der Waals surface area contributed by atoms with E-state index in [4.69, 9.17) is 5.73 Å². The van der Waals surface area contributed by atoms with E-state index in [0.717, 1.165) is 19.4 Å². The normalized spacial score (nSPS) is 18.0. The molecule has 3 nitrogen and oxygen atoms in total. The summed E-state index contributed by atoms with van der Waals surface area (Å²) in [6.45, 7) is 1.80. The maximum absolute atomic E-state index is 13.6. The van der Waals surface area contributed by atoms with Crippen LogP contribution in [0.4, 0.5) is 8.78 Å². The van der Waals surface area contributed by atoms with Gasteiger partial charge in [-0.3, -0.25) is 4.79 Å². The highest BCUT2D eigenvalue weighted by Gasteiger charge is 2.23. The fourth-order valence-electron chi connectivity index (χ4n) is 2.93. The lowest BCUT2D eigenvalue weighted by Crippen LogP contribution is -2.40. The largest absolute Gasteiger partial charge is 0.342 e. The Morgan fingerprint density at radius 1 is 1.32 bits per heavy atom. The average Bonchev–Trinajstić information content (AvgIpc) is 2.47. The minimum absolute atomic E-state index is 0. The standard InChI is InChI=1S/C16H22F2N2O.ClH/c17-14-4-1-5-15(18)13(14)7-6-12-3-2-10-20(11-12)16(21)8-9-19;/h1,4-5,12H,2-3,6-11,19H2;1H. The molecule has 1 aliphatic rings. The third-order valence-corrected chi connectivity index (χ3v) is 4.09. The number of hydrogen-bond donors (Lipinski definition) is 1. The van der Waals surface area contributed by atoms with Crippen molar-refractivity contribution >= 4 is 18.3 Å². The molecule has 1 unspecified atom stereocenters. The molecule has 2 rings (SSSR count). The zero-order valence-corrected chi connectivity index (χ0v) is 13.4. The zero-order chi connectivity index (χ0) is 15.2. The van der Waals surface area contributed by atoms with Crippen molar-refractivity contribution < 1.29 is 13.6 Å². The first kappa shape index (κ1) is 18.8. The summed E-state index contributed by atoms with van der Waals surface area (Å²) in [7, 11) is 0. The fourth-order valence-corrected chi connectivity index (χ4v) is 2.93. The number of piperidine rings is 1. The summed E-state index contributed by atoms with van der Waals surface area (Å²) in [6, 6.07) is 3.95. The van der Waals surface area contributed by atoms with Crippen LogP contribution in [0.2, 0.25) is 0 Å². The van der Waals surface area contributed by atoms with Gasteiger partial charge in [0.2, 0.25) is 5.91 Å². The summed E-state index contributed by atoms with van der Waals surface area (Å²) in [4.78, 5) is 13.7. The predicted molar refractivity (Wildman–Crippen MR) is 84.9 cm³/mol. The molecule has 1 fully saturated rings. The van der Waals surface area contributed by atoms with Crippen molar-refractivity contribution in [1.29, 1.82) is 0 Å². The molecule has 0 aromatic heterocycles. The van der Waals surface area contributed by atoms with E-state index in [1.165, 1.54) is 18.2 Å². The second-order valence-electron chi connectivity index (χ2n) is 5.63. The number of carbonyl (C=O) groups is 1. The molecule has 0 aliphatic carbocycles. The molecule has 0 spiro atoms. The number of nitrogens with two attached hydrogens (primary N) is 1. The number of rotatable bonds is 5. The summed E-state index contributed by atoms with van der Waals surface area (Å²) in [5.41, 5.74) is 5.56. The van der Waals surface area contributed by atoms with Crippen LogP contribution in [0.15, 0.2) is 18.2 Å². The van der Waals surface area contributed by atoms with Crippen LogP contribution >= 0.6 is 12.4 Å². The molecule has 1 atom stereocenters. The maximum Gasteiger partial charge on any atom is 0.223 e. The van der Waals surface area contributed by atoms with Gasteiger partial charge < -0.3 is 10.6 Å². The van der Waals surface area contributed by atoms with Crippen LogP contribution in [0.1, 0.15) is 31.2 Å². The van der Waals surface area contributed by atoms with Crippen LogP contribution in [0.3, 0.4) is 0 Å². The molecule has 124 valence electrons. The van der Waals surface area contributed by atoms with Gasteiger partial charge in [-0.2, -0.15) is 0 Å². The monoisotopic (exact) mass is 332 g/mol. The number of carbonyl (C=O) groups excluding carboxylic acids is 1. The van der Waals surface area contributed by atoms with Gasteiger partial charge in [0.25, 0.3) is 0 Å². The third kappa shape index (κ3) is 4.92. The molecule has 1 heterocycles. The van der Waals surface area contributed by atoms with E-state index >= 15 is 0 Å². The molecular formula is C16H23ClF2N2O. The van der Waals surface area contributed by atoms with Crippen LogP contribution in [0, 0.1) is 17.6 Å². The highest BCUT2D eigenvalue weighted by atomic mass is 35.5. The van der Waals surface area contributed by atoms with E-state index in [0.29, 0.717) is 38.3 Å². The van der Waals surface area contributed by atoms with E-state index in [2.05, 4.69) is 0 Å². The molecule has 0 bridgehead atoms. The fraction of sp³-hybridized carbons (Fsp3) is 0.562. The van der Waals surface area contributed by atoms with Crippen molar-refractivity contribution in [3.8, 4) is 0 Å². The smallest absolute Gasteiger partial charge is 0.223 e. The van der Waals surface area contributed by atoms with Gasteiger partial charge in [0, 0.05) is 31.6 Å². The molecule has 1 aromatic rings. The molecule has 1 aromatic carbocycles. The summed E-state index contributed by atoms with van der Waals surface area (Å²) < 4.78 is 27.2. The third-order valence-electron chi connectivity index (χ3n) is 4.09.